The molecule has 0 amide bonds. The van der Waals surface area contributed by atoms with Gasteiger partial charge in [-0.25, -0.2) is 4.98 Å². The van der Waals surface area contributed by atoms with Crippen LogP contribution in [0.15, 0.2) is 12.1 Å². The van der Waals surface area contributed by atoms with Gasteiger partial charge in [-0.05, 0) is 18.6 Å². The number of nitrogens with two attached hydrogens (primary N) is 2. The van der Waals surface area contributed by atoms with Gasteiger partial charge >= 0.3 is 0 Å². The summed E-state index contributed by atoms with van der Waals surface area (Å²) in [5.74, 6) is 1.28. The minimum absolute atomic E-state index is 0.00528. The normalized spacial score (nSPS) is 22.8. The molecule has 0 bridgehead atoms. The average Bonchev–Trinajstić information content (AvgIpc) is 2.79. The molecule has 0 saturated carbocycles. The van der Waals surface area contributed by atoms with Crippen LogP contribution >= 0.6 is 0 Å². The maximum Gasteiger partial charge on any atom is 0.151 e. The van der Waals surface area contributed by atoms with Crippen molar-refractivity contribution in [2.75, 3.05) is 42.2 Å². The number of anilines is 3. The van der Waals surface area contributed by atoms with Crippen LogP contribution in [0.1, 0.15) is 6.42 Å². The van der Waals surface area contributed by atoms with Crippen LogP contribution in [0.3, 0.4) is 0 Å². The highest BCUT2D eigenvalue weighted by Crippen LogP contribution is 2.27. The Morgan fingerprint density at radius 2 is 2.26 bits per heavy atom. The summed E-state index contributed by atoms with van der Waals surface area (Å²) in [7, 11) is 0. The lowest BCUT2D eigenvalue weighted by atomic mass is 10.2. The third-order valence-electron chi connectivity index (χ3n) is 3.25. The van der Waals surface area contributed by atoms with Crippen LogP contribution in [0.2, 0.25) is 0 Å². The summed E-state index contributed by atoms with van der Waals surface area (Å²) in [6.45, 7) is 1.55. The van der Waals surface area contributed by atoms with E-state index in [1.165, 1.54) is 0 Å². The van der Waals surface area contributed by atoms with Crippen LogP contribution in [0.25, 0.3) is 0 Å². The second-order valence-corrected chi connectivity index (χ2v) is 4.70. The number of pyridine rings is 1. The monoisotopic (exact) mass is 267 g/mol. The van der Waals surface area contributed by atoms with Crippen LogP contribution in [-0.2, 0) is 0 Å². The number of aromatic nitrogens is 1. The topological polar surface area (TPSA) is 121 Å². The maximum absolute atomic E-state index is 9.69. The van der Waals surface area contributed by atoms with Gasteiger partial charge in [0.25, 0.3) is 0 Å². The Kier molecular flexibility index (Phi) is 4.41. The molecule has 0 aliphatic carbocycles. The van der Waals surface area contributed by atoms with Gasteiger partial charge in [0, 0.05) is 19.6 Å². The molecular formula is C12H21N5O2. The molecule has 7 heteroatoms. The van der Waals surface area contributed by atoms with Crippen molar-refractivity contribution in [1.82, 2.24) is 4.98 Å². The molecule has 1 aliphatic rings. The standard InChI is InChI=1S/C12H21N5O2/c13-3-4-15-12-10(14)1-2-11(16-12)17-6-9(19)5-8(17)7-18/h1-2,8-9,18-19H,3-7,13-14H2,(H,15,16). The third kappa shape index (κ3) is 3.06. The zero-order chi connectivity index (χ0) is 13.8. The molecule has 7 nitrogen and oxygen atoms in total. The van der Waals surface area contributed by atoms with E-state index < -0.39 is 6.10 Å². The Bertz CT molecular complexity index is 429. The van der Waals surface area contributed by atoms with E-state index in [-0.39, 0.29) is 12.6 Å². The number of hydrogen-bond donors (Lipinski definition) is 5. The van der Waals surface area contributed by atoms with Gasteiger partial charge in [0.2, 0.25) is 0 Å². The first-order valence-electron chi connectivity index (χ1n) is 6.41. The lowest BCUT2D eigenvalue weighted by molar-refractivity contribution is 0.184. The fourth-order valence-corrected chi connectivity index (χ4v) is 2.30. The number of rotatable bonds is 5. The number of aliphatic hydroxyl groups is 2. The zero-order valence-corrected chi connectivity index (χ0v) is 10.8. The summed E-state index contributed by atoms with van der Waals surface area (Å²) in [5.41, 5.74) is 11.8. The van der Waals surface area contributed by atoms with Crippen LogP contribution in [-0.4, -0.2) is 53.6 Å². The van der Waals surface area contributed by atoms with Crippen molar-refractivity contribution in [2.24, 2.45) is 5.73 Å². The number of nitrogens with one attached hydrogen (secondary N) is 1. The molecule has 2 atom stereocenters. The molecule has 1 aromatic heterocycles. The minimum Gasteiger partial charge on any atom is -0.396 e. The molecule has 1 fully saturated rings. The van der Waals surface area contributed by atoms with Crippen LogP contribution in [0, 0.1) is 0 Å². The molecule has 0 spiro atoms. The highest BCUT2D eigenvalue weighted by molar-refractivity contribution is 5.65. The van der Waals surface area contributed by atoms with Crippen LogP contribution in [0.5, 0.6) is 0 Å². The van der Waals surface area contributed by atoms with Crippen molar-refractivity contribution in [3.63, 3.8) is 0 Å². The van der Waals surface area contributed by atoms with E-state index in [1.807, 2.05) is 4.90 Å². The molecule has 7 N–H and O–H groups in total. The Morgan fingerprint density at radius 1 is 1.47 bits per heavy atom. The highest BCUT2D eigenvalue weighted by Gasteiger charge is 2.31. The van der Waals surface area contributed by atoms with E-state index in [1.54, 1.807) is 12.1 Å². The van der Waals surface area contributed by atoms with Gasteiger partial charge in [-0.2, -0.15) is 0 Å². The van der Waals surface area contributed by atoms with Crippen molar-refractivity contribution in [3.05, 3.63) is 12.1 Å². The quantitative estimate of drug-likeness (QED) is 0.462. The van der Waals surface area contributed by atoms with E-state index >= 15 is 0 Å². The Balaban J connectivity index is 2.20. The van der Waals surface area contributed by atoms with Crippen LogP contribution in [0.4, 0.5) is 17.3 Å². The summed E-state index contributed by atoms with van der Waals surface area (Å²) in [5, 5.41) is 22.1. The number of hydrogen-bond acceptors (Lipinski definition) is 7. The van der Waals surface area contributed by atoms with Crippen molar-refractivity contribution in [3.8, 4) is 0 Å². The first-order valence-corrected chi connectivity index (χ1v) is 6.41. The summed E-state index contributed by atoms with van der Waals surface area (Å²) >= 11 is 0. The van der Waals surface area contributed by atoms with E-state index in [0.717, 1.165) is 0 Å². The highest BCUT2D eigenvalue weighted by atomic mass is 16.3. The van der Waals surface area contributed by atoms with Crippen LogP contribution < -0.4 is 21.7 Å². The lowest BCUT2D eigenvalue weighted by Crippen LogP contribution is -2.33. The summed E-state index contributed by atoms with van der Waals surface area (Å²) in [6, 6.07) is 3.46. The Labute approximate surface area is 112 Å². The molecule has 2 unspecified atom stereocenters. The fraction of sp³-hybridized carbons (Fsp3) is 0.583. The molecule has 1 aliphatic heterocycles. The van der Waals surface area contributed by atoms with E-state index in [2.05, 4.69) is 10.3 Å². The van der Waals surface area contributed by atoms with Gasteiger partial charge in [-0.1, -0.05) is 0 Å². The molecule has 106 valence electrons. The number of aliphatic hydroxyl groups excluding tert-OH is 2. The van der Waals surface area contributed by atoms with Crippen molar-refractivity contribution >= 4 is 17.3 Å². The second kappa shape index (κ2) is 6.05. The number of nitrogens with zero attached hydrogens (tertiary/aromatic N) is 2. The molecule has 2 rings (SSSR count). The van der Waals surface area contributed by atoms with E-state index in [9.17, 15) is 10.2 Å². The lowest BCUT2D eigenvalue weighted by Gasteiger charge is -2.24. The average molecular weight is 267 g/mol. The van der Waals surface area contributed by atoms with Gasteiger partial charge in [0.05, 0.1) is 24.4 Å². The van der Waals surface area contributed by atoms with Gasteiger partial charge in [0.1, 0.15) is 5.82 Å². The molecule has 1 aromatic rings. The first kappa shape index (κ1) is 13.9. The maximum atomic E-state index is 9.69. The molecule has 0 aromatic carbocycles. The molecule has 19 heavy (non-hydrogen) atoms. The van der Waals surface area contributed by atoms with Gasteiger partial charge in [-0.3, -0.25) is 0 Å². The molecule has 2 heterocycles. The van der Waals surface area contributed by atoms with Gasteiger partial charge < -0.3 is 31.9 Å². The summed E-state index contributed by atoms with van der Waals surface area (Å²) in [6.07, 6.45) is 0.116. The Hall–Kier alpha value is -1.57. The minimum atomic E-state index is -0.433. The predicted octanol–water partition coefficient (Wildman–Crippen LogP) is -1.03. The summed E-state index contributed by atoms with van der Waals surface area (Å²) < 4.78 is 0. The second-order valence-electron chi connectivity index (χ2n) is 4.70. The third-order valence-corrected chi connectivity index (χ3v) is 3.25. The Morgan fingerprint density at radius 3 is 2.95 bits per heavy atom. The predicted molar refractivity (Wildman–Crippen MR) is 75.0 cm³/mol. The van der Waals surface area contributed by atoms with Gasteiger partial charge in [0.15, 0.2) is 5.82 Å². The molecular weight excluding hydrogens is 246 g/mol. The zero-order valence-electron chi connectivity index (χ0n) is 10.8. The molecule has 1 saturated heterocycles. The summed E-state index contributed by atoms with van der Waals surface area (Å²) in [4.78, 5) is 6.34. The first-order chi connectivity index (χ1) is 9.15. The fourth-order valence-electron chi connectivity index (χ4n) is 2.30. The molecule has 0 radical (unpaired) electrons. The van der Waals surface area contributed by atoms with E-state index in [4.69, 9.17) is 11.5 Å². The number of nitrogen functional groups attached to an aromatic ring is 1. The van der Waals surface area contributed by atoms with E-state index in [0.29, 0.717) is 43.4 Å². The van der Waals surface area contributed by atoms with Crippen molar-refractivity contribution < 1.29 is 10.2 Å². The largest absolute Gasteiger partial charge is 0.396 e. The SMILES string of the molecule is NCCNc1nc(N2CC(O)CC2CO)ccc1N. The van der Waals surface area contributed by atoms with Crippen molar-refractivity contribution in [2.45, 2.75) is 18.6 Å². The van der Waals surface area contributed by atoms with Crippen molar-refractivity contribution in [1.29, 1.82) is 0 Å². The van der Waals surface area contributed by atoms with Gasteiger partial charge in [-0.15, -0.1) is 0 Å². The number of β-amino-alcohol motifs (C(OH)–C–C–N with tert-alkyl or cyclic N) is 1. The smallest absolute Gasteiger partial charge is 0.151 e.